The van der Waals surface area contributed by atoms with E-state index in [1.165, 1.54) is 24.8 Å². The molecule has 25 heavy (non-hydrogen) atoms. The molecular formula is C21H32N2O2. The lowest BCUT2D eigenvalue weighted by atomic mass is 9.79. The quantitative estimate of drug-likeness (QED) is 0.832. The molecule has 1 atom stereocenters. The fraction of sp³-hybridized carbons (Fsp3) is 0.667. The van der Waals surface area contributed by atoms with Crippen molar-refractivity contribution in [3.8, 4) is 0 Å². The molecule has 0 aromatic heterocycles. The first kappa shape index (κ1) is 18.4. The molecule has 1 amide bonds. The highest BCUT2D eigenvalue weighted by atomic mass is 16.3. The van der Waals surface area contributed by atoms with Gasteiger partial charge in [-0.25, -0.2) is 0 Å². The summed E-state index contributed by atoms with van der Waals surface area (Å²) in [4.78, 5) is 15.8. The summed E-state index contributed by atoms with van der Waals surface area (Å²) in [6, 6.07) is 8.17. The fourth-order valence-electron chi connectivity index (χ4n) is 4.51. The number of hydrogen-bond donors (Lipinski definition) is 2. The summed E-state index contributed by atoms with van der Waals surface area (Å²) < 4.78 is 0. The van der Waals surface area contributed by atoms with Gasteiger partial charge in [-0.3, -0.25) is 9.69 Å². The number of carbonyl (C=O) groups is 1. The zero-order valence-corrected chi connectivity index (χ0v) is 15.5. The predicted octanol–water partition coefficient (Wildman–Crippen LogP) is 3.33. The second kappa shape index (κ2) is 8.33. The van der Waals surface area contributed by atoms with E-state index in [9.17, 15) is 9.90 Å². The molecule has 1 heterocycles. The van der Waals surface area contributed by atoms with Gasteiger partial charge in [0.1, 0.15) is 5.54 Å². The lowest BCUT2D eigenvalue weighted by molar-refractivity contribution is -0.136. The van der Waals surface area contributed by atoms with Crippen LogP contribution in [0, 0.1) is 6.92 Å². The van der Waals surface area contributed by atoms with E-state index in [1.807, 2.05) is 0 Å². The number of likely N-dealkylation sites (tertiary alicyclic amines) is 1. The Hall–Kier alpha value is -1.39. The average Bonchev–Trinajstić information content (AvgIpc) is 3.18. The topological polar surface area (TPSA) is 52.6 Å². The molecule has 0 spiro atoms. The summed E-state index contributed by atoms with van der Waals surface area (Å²) in [5, 5.41) is 12.8. The van der Waals surface area contributed by atoms with Gasteiger partial charge in [0, 0.05) is 6.61 Å². The maximum atomic E-state index is 13.4. The van der Waals surface area contributed by atoms with Crippen molar-refractivity contribution in [1.82, 2.24) is 10.2 Å². The minimum absolute atomic E-state index is 0.0789. The third-order valence-electron chi connectivity index (χ3n) is 6.02. The SMILES string of the molecule is Cc1ccc([C@@H](CCO)NC(=O)C2(N3CCCC3)CCCCC2)cc1. The lowest BCUT2D eigenvalue weighted by Crippen LogP contribution is -2.59. The van der Waals surface area contributed by atoms with Gasteiger partial charge in [0.2, 0.25) is 5.91 Å². The van der Waals surface area contributed by atoms with Crippen molar-refractivity contribution in [2.45, 2.75) is 69.9 Å². The Morgan fingerprint density at radius 1 is 1.12 bits per heavy atom. The molecule has 0 unspecified atom stereocenters. The van der Waals surface area contributed by atoms with Gasteiger partial charge in [-0.15, -0.1) is 0 Å². The number of hydrogen-bond acceptors (Lipinski definition) is 3. The van der Waals surface area contributed by atoms with Crippen LogP contribution in [0.15, 0.2) is 24.3 Å². The van der Waals surface area contributed by atoms with Crippen LogP contribution >= 0.6 is 0 Å². The highest BCUT2D eigenvalue weighted by molar-refractivity contribution is 5.87. The first-order valence-corrected chi connectivity index (χ1v) is 9.89. The summed E-state index contributed by atoms with van der Waals surface area (Å²) in [6.07, 6.45) is 8.42. The van der Waals surface area contributed by atoms with E-state index in [-0.39, 0.29) is 24.1 Å². The fourth-order valence-corrected chi connectivity index (χ4v) is 4.51. The van der Waals surface area contributed by atoms with Crippen molar-refractivity contribution in [3.63, 3.8) is 0 Å². The average molecular weight is 344 g/mol. The second-order valence-corrected chi connectivity index (χ2v) is 7.74. The smallest absolute Gasteiger partial charge is 0.241 e. The molecule has 1 aromatic carbocycles. The van der Waals surface area contributed by atoms with Crippen molar-refractivity contribution in [1.29, 1.82) is 0 Å². The van der Waals surface area contributed by atoms with E-state index >= 15 is 0 Å². The van der Waals surface area contributed by atoms with Gasteiger partial charge in [-0.2, -0.15) is 0 Å². The van der Waals surface area contributed by atoms with E-state index in [4.69, 9.17) is 0 Å². The highest BCUT2D eigenvalue weighted by Gasteiger charge is 2.45. The van der Waals surface area contributed by atoms with Crippen molar-refractivity contribution in [2.75, 3.05) is 19.7 Å². The summed E-state index contributed by atoms with van der Waals surface area (Å²) in [6.45, 7) is 4.23. The Balaban J connectivity index is 1.79. The molecule has 1 aliphatic heterocycles. The van der Waals surface area contributed by atoms with E-state index in [0.717, 1.165) is 44.3 Å². The van der Waals surface area contributed by atoms with Crippen LogP contribution in [0.25, 0.3) is 0 Å². The van der Waals surface area contributed by atoms with E-state index in [1.54, 1.807) is 0 Å². The molecule has 2 N–H and O–H groups in total. The number of amides is 1. The van der Waals surface area contributed by atoms with Crippen LogP contribution in [0.3, 0.4) is 0 Å². The monoisotopic (exact) mass is 344 g/mol. The number of carbonyl (C=O) groups excluding carboxylic acids is 1. The Morgan fingerprint density at radius 3 is 2.36 bits per heavy atom. The molecule has 1 aromatic rings. The van der Waals surface area contributed by atoms with Crippen molar-refractivity contribution < 1.29 is 9.90 Å². The largest absolute Gasteiger partial charge is 0.396 e. The third kappa shape index (κ3) is 4.06. The van der Waals surface area contributed by atoms with Gasteiger partial charge < -0.3 is 10.4 Å². The van der Waals surface area contributed by atoms with E-state index in [2.05, 4.69) is 41.4 Å². The first-order chi connectivity index (χ1) is 12.2. The Kier molecular flexibility index (Phi) is 6.13. The van der Waals surface area contributed by atoms with Crippen LogP contribution in [-0.4, -0.2) is 41.1 Å². The Labute approximate surface area is 151 Å². The normalized spacial score (nSPS) is 21.8. The van der Waals surface area contributed by atoms with Gasteiger partial charge in [0.15, 0.2) is 0 Å². The molecule has 3 rings (SSSR count). The van der Waals surface area contributed by atoms with Crippen LogP contribution in [0.4, 0.5) is 0 Å². The molecule has 1 saturated carbocycles. The van der Waals surface area contributed by atoms with Crippen LogP contribution in [0.2, 0.25) is 0 Å². The summed E-state index contributed by atoms with van der Waals surface area (Å²) in [5.41, 5.74) is 1.96. The molecule has 2 fully saturated rings. The minimum Gasteiger partial charge on any atom is -0.396 e. The number of aryl methyl sites for hydroxylation is 1. The summed E-state index contributed by atoms with van der Waals surface area (Å²) >= 11 is 0. The van der Waals surface area contributed by atoms with Gasteiger partial charge in [-0.05, 0) is 57.7 Å². The number of aliphatic hydroxyl groups is 1. The molecule has 4 heteroatoms. The Bertz CT molecular complexity index is 558. The zero-order valence-electron chi connectivity index (χ0n) is 15.5. The number of rotatable bonds is 6. The van der Waals surface area contributed by atoms with Crippen molar-refractivity contribution in [2.24, 2.45) is 0 Å². The predicted molar refractivity (Wildman–Crippen MR) is 100 cm³/mol. The molecule has 138 valence electrons. The maximum Gasteiger partial charge on any atom is 0.241 e. The van der Waals surface area contributed by atoms with Gasteiger partial charge in [-0.1, -0.05) is 49.1 Å². The molecule has 0 bridgehead atoms. The number of aliphatic hydroxyl groups excluding tert-OH is 1. The molecule has 1 aliphatic carbocycles. The standard InChI is InChI=1S/C21H32N2O2/c1-17-7-9-18(10-8-17)19(11-16-24)22-20(25)21(12-3-2-4-13-21)23-14-5-6-15-23/h7-10,19,24H,2-6,11-16H2,1H3,(H,22,25)/t19-/m1/s1. The van der Waals surface area contributed by atoms with Crippen LogP contribution in [-0.2, 0) is 4.79 Å². The van der Waals surface area contributed by atoms with Crippen LogP contribution in [0.5, 0.6) is 0 Å². The third-order valence-corrected chi connectivity index (χ3v) is 6.02. The van der Waals surface area contributed by atoms with Crippen LogP contribution < -0.4 is 5.32 Å². The first-order valence-electron chi connectivity index (χ1n) is 9.89. The maximum absolute atomic E-state index is 13.4. The molecule has 4 nitrogen and oxygen atoms in total. The summed E-state index contributed by atoms with van der Waals surface area (Å²) in [7, 11) is 0. The Morgan fingerprint density at radius 2 is 1.76 bits per heavy atom. The minimum atomic E-state index is -0.326. The second-order valence-electron chi connectivity index (χ2n) is 7.74. The number of nitrogens with one attached hydrogen (secondary N) is 1. The number of nitrogens with zero attached hydrogens (tertiary/aromatic N) is 1. The molecule has 0 radical (unpaired) electrons. The molecule has 2 aliphatic rings. The highest BCUT2D eigenvalue weighted by Crippen LogP contribution is 2.37. The van der Waals surface area contributed by atoms with Gasteiger partial charge in [0.05, 0.1) is 6.04 Å². The van der Waals surface area contributed by atoms with Crippen LogP contribution in [0.1, 0.15) is 68.5 Å². The van der Waals surface area contributed by atoms with Gasteiger partial charge in [0.25, 0.3) is 0 Å². The van der Waals surface area contributed by atoms with E-state index in [0.29, 0.717) is 6.42 Å². The zero-order chi connectivity index (χ0) is 17.7. The summed E-state index contributed by atoms with van der Waals surface area (Å²) in [5.74, 6) is 0.174. The lowest BCUT2D eigenvalue weighted by Gasteiger charge is -2.44. The van der Waals surface area contributed by atoms with Gasteiger partial charge >= 0.3 is 0 Å². The van der Waals surface area contributed by atoms with Crippen molar-refractivity contribution in [3.05, 3.63) is 35.4 Å². The molecule has 1 saturated heterocycles. The van der Waals surface area contributed by atoms with Crippen molar-refractivity contribution >= 4 is 5.91 Å². The molecular weight excluding hydrogens is 312 g/mol. The number of benzene rings is 1. The van der Waals surface area contributed by atoms with E-state index < -0.39 is 0 Å².